The summed E-state index contributed by atoms with van der Waals surface area (Å²) in [6.45, 7) is 0.952. The Labute approximate surface area is 172 Å². The molecule has 2 aliphatic rings. The molecule has 4 heterocycles. The largest absolute Gasteiger partial charge is 0.493 e. The van der Waals surface area contributed by atoms with Gasteiger partial charge < -0.3 is 14.6 Å². The summed E-state index contributed by atoms with van der Waals surface area (Å²) in [6.07, 6.45) is 5.02. The lowest BCUT2D eigenvalue weighted by Gasteiger charge is -2.18. The maximum atomic E-state index is 12.5. The first-order valence-electron chi connectivity index (χ1n) is 8.67. The number of thiazole rings is 2. The number of hydrogen-bond donors (Lipinski definition) is 1. The van der Waals surface area contributed by atoms with Gasteiger partial charge in [-0.1, -0.05) is 11.3 Å². The molecule has 1 aromatic carbocycles. The number of hydrogen-bond acceptors (Lipinski definition) is 8. The van der Waals surface area contributed by atoms with Crippen LogP contribution in [0.25, 0.3) is 12.2 Å². The number of amides is 1. The minimum absolute atomic E-state index is 0.0203. The summed E-state index contributed by atoms with van der Waals surface area (Å²) in [6, 6.07) is 3.52. The molecule has 10 heteroatoms. The minimum atomic E-state index is -0.386. The van der Waals surface area contributed by atoms with Gasteiger partial charge in [-0.3, -0.25) is 9.36 Å². The zero-order chi connectivity index (χ0) is 20.0. The normalized spacial score (nSPS) is 17.1. The number of rotatable bonds is 2. The third-order valence-corrected chi connectivity index (χ3v) is 6.13. The van der Waals surface area contributed by atoms with E-state index in [2.05, 4.69) is 15.0 Å². The highest BCUT2D eigenvalue weighted by molar-refractivity contribution is 7.13. The highest BCUT2D eigenvalue weighted by Gasteiger charge is 2.18. The van der Waals surface area contributed by atoms with Gasteiger partial charge in [-0.15, -0.1) is 11.3 Å². The molecule has 2 aliphatic heterocycles. The van der Waals surface area contributed by atoms with Gasteiger partial charge >= 0.3 is 0 Å². The molecular weight excluding hydrogens is 412 g/mol. The van der Waals surface area contributed by atoms with E-state index in [1.807, 2.05) is 11.4 Å². The molecule has 2 aromatic heterocycles. The van der Waals surface area contributed by atoms with E-state index in [0.717, 1.165) is 5.22 Å². The van der Waals surface area contributed by atoms with Gasteiger partial charge in [-0.2, -0.15) is 4.99 Å². The molecule has 29 heavy (non-hydrogen) atoms. The van der Waals surface area contributed by atoms with Gasteiger partial charge in [-0.25, -0.2) is 9.98 Å². The van der Waals surface area contributed by atoms with Crippen molar-refractivity contribution < 1.29 is 19.4 Å². The number of aromatic hydroxyl groups is 1. The van der Waals surface area contributed by atoms with Crippen LogP contribution in [0.4, 0.5) is 5.13 Å². The molecule has 8 nitrogen and oxygen atoms in total. The molecule has 146 valence electrons. The van der Waals surface area contributed by atoms with Crippen molar-refractivity contribution in [2.75, 3.05) is 13.2 Å². The summed E-state index contributed by atoms with van der Waals surface area (Å²) in [4.78, 5) is 26.3. The Morgan fingerprint density at radius 1 is 1.28 bits per heavy atom. The van der Waals surface area contributed by atoms with Crippen molar-refractivity contribution in [2.24, 2.45) is 17.0 Å². The van der Waals surface area contributed by atoms with Crippen molar-refractivity contribution >= 4 is 45.9 Å². The van der Waals surface area contributed by atoms with Crippen LogP contribution < -0.4 is 24.9 Å². The lowest BCUT2D eigenvalue weighted by atomic mass is 10.1. The fourth-order valence-electron chi connectivity index (χ4n) is 2.97. The molecule has 0 spiro atoms. The molecule has 0 fully saturated rings. The van der Waals surface area contributed by atoms with Crippen LogP contribution in [0.1, 0.15) is 4.88 Å². The second kappa shape index (κ2) is 6.98. The summed E-state index contributed by atoms with van der Waals surface area (Å²) in [5, 5.41) is 14.2. The van der Waals surface area contributed by atoms with Gasteiger partial charge in [0.15, 0.2) is 16.3 Å². The smallest absolute Gasteiger partial charge is 0.277 e. The number of carbonyl (C=O) groups excluding carboxylic acids is 1. The molecule has 0 bridgehead atoms. The average molecular weight is 426 g/mol. The highest BCUT2D eigenvalue weighted by atomic mass is 32.1. The van der Waals surface area contributed by atoms with Crippen LogP contribution in [0.5, 0.6) is 17.4 Å². The van der Waals surface area contributed by atoms with Crippen LogP contribution in [0.15, 0.2) is 39.3 Å². The predicted molar refractivity (Wildman–Crippen MR) is 108 cm³/mol. The van der Waals surface area contributed by atoms with Crippen molar-refractivity contribution in [3.05, 3.63) is 49.5 Å². The Balaban J connectivity index is 1.60. The number of ether oxygens (including phenoxy) is 2. The third-order valence-electron chi connectivity index (χ3n) is 4.39. The molecule has 0 saturated heterocycles. The maximum Gasteiger partial charge on any atom is 0.277 e. The van der Waals surface area contributed by atoms with Crippen molar-refractivity contribution in [1.29, 1.82) is 0 Å². The van der Waals surface area contributed by atoms with Gasteiger partial charge in [0.05, 0.1) is 10.2 Å². The molecule has 0 aliphatic carbocycles. The standard InChI is InChI=1S/C19H14N4O4S2/c1-23-17(25)15(29-19(23)22-18-20-2-5-28-18)8-11-6-10-7-13-14(27-4-3-26-13)9-12(10)21-16(11)24/h2,5-9,25H,3-4H2,1H3. The maximum absolute atomic E-state index is 12.5. The van der Waals surface area contributed by atoms with Crippen LogP contribution in [-0.4, -0.2) is 33.8 Å². The van der Waals surface area contributed by atoms with E-state index in [0.29, 0.717) is 50.5 Å². The van der Waals surface area contributed by atoms with Crippen LogP contribution in [0.2, 0.25) is 0 Å². The molecule has 1 amide bonds. The van der Waals surface area contributed by atoms with E-state index in [1.165, 1.54) is 22.7 Å². The zero-order valence-electron chi connectivity index (χ0n) is 15.2. The molecule has 0 saturated carbocycles. The first kappa shape index (κ1) is 17.8. The first-order valence-corrected chi connectivity index (χ1v) is 10.4. The molecule has 0 radical (unpaired) electrons. The number of carbonyl (C=O) groups is 1. The summed E-state index contributed by atoms with van der Waals surface area (Å²) < 4.78 is 12.7. The first-order chi connectivity index (χ1) is 14.1. The van der Waals surface area contributed by atoms with Gasteiger partial charge in [0.2, 0.25) is 11.0 Å². The van der Waals surface area contributed by atoms with Crippen LogP contribution in [-0.2, 0) is 11.8 Å². The number of nitrogens with zero attached hydrogens (tertiary/aromatic N) is 4. The van der Waals surface area contributed by atoms with Crippen molar-refractivity contribution in [3.8, 4) is 17.4 Å². The minimum Gasteiger partial charge on any atom is -0.493 e. The second-order valence-electron chi connectivity index (χ2n) is 6.27. The third kappa shape index (κ3) is 3.26. The van der Waals surface area contributed by atoms with Crippen LogP contribution in [0, 0.1) is 0 Å². The lowest BCUT2D eigenvalue weighted by molar-refractivity contribution is -0.114. The SMILES string of the molecule is Cn1c(O)c(C=C2C=c3cc4c(cc3=NC2=O)OCCO4)sc1=Nc1nccs1. The quantitative estimate of drug-likeness (QED) is 0.623. The van der Waals surface area contributed by atoms with Crippen LogP contribution >= 0.6 is 22.7 Å². The Kier molecular flexibility index (Phi) is 4.29. The summed E-state index contributed by atoms with van der Waals surface area (Å²) in [7, 11) is 1.70. The second-order valence-corrected chi connectivity index (χ2v) is 8.16. The van der Waals surface area contributed by atoms with E-state index in [1.54, 1.807) is 36.0 Å². The van der Waals surface area contributed by atoms with Gasteiger partial charge in [-0.05, 0) is 18.2 Å². The zero-order valence-corrected chi connectivity index (χ0v) is 16.8. The number of aromatic nitrogens is 2. The van der Waals surface area contributed by atoms with E-state index in [4.69, 9.17) is 9.47 Å². The lowest BCUT2D eigenvalue weighted by Crippen LogP contribution is -2.32. The molecule has 0 unspecified atom stereocenters. The van der Waals surface area contributed by atoms with Gasteiger partial charge in [0.1, 0.15) is 13.2 Å². The molecule has 0 atom stereocenters. The van der Waals surface area contributed by atoms with E-state index < -0.39 is 0 Å². The predicted octanol–water partition coefficient (Wildman–Crippen LogP) is 1.28. The van der Waals surface area contributed by atoms with E-state index >= 15 is 0 Å². The fraction of sp³-hybridized carbons (Fsp3) is 0.158. The Morgan fingerprint density at radius 3 is 2.83 bits per heavy atom. The summed E-state index contributed by atoms with van der Waals surface area (Å²) >= 11 is 2.66. The van der Waals surface area contributed by atoms with E-state index in [9.17, 15) is 9.90 Å². The molecule has 5 rings (SSSR count). The summed E-state index contributed by atoms with van der Waals surface area (Å²) in [5.41, 5.74) is 0.368. The monoisotopic (exact) mass is 426 g/mol. The van der Waals surface area contributed by atoms with Gasteiger partial charge in [0.25, 0.3) is 5.91 Å². The highest BCUT2D eigenvalue weighted by Crippen LogP contribution is 2.27. The molecule has 1 N–H and O–H groups in total. The average Bonchev–Trinajstić information content (AvgIpc) is 3.32. The number of benzene rings is 1. The van der Waals surface area contributed by atoms with Crippen molar-refractivity contribution in [3.63, 3.8) is 0 Å². The van der Waals surface area contributed by atoms with Crippen LogP contribution in [0.3, 0.4) is 0 Å². The van der Waals surface area contributed by atoms with Crippen molar-refractivity contribution in [1.82, 2.24) is 9.55 Å². The topological polar surface area (TPSA) is 98.3 Å². The summed E-state index contributed by atoms with van der Waals surface area (Å²) in [5.74, 6) is 0.851. The fourth-order valence-corrected chi connectivity index (χ4v) is 4.50. The Bertz CT molecular complexity index is 1350. The Morgan fingerprint density at radius 2 is 2.07 bits per heavy atom. The van der Waals surface area contributed by atoms with E-state index in [-0.39, 0.29) is 11.8 Å². The van der Waals surface area contributed by atoms with Crippen molar-refractivity contribution in [2.45, 2.75) is 0 Å². The number of fused-ring (bicyclic) bond motifs is 2. The molecule has 3 aromatic rings. The Hall–Kier alpha value is -3.24. The molecular formula is C19H14N4O4S2. The van der Waals surface area contributed by atoms with Gasteiger partial charge in [0, 0.05) is 35.5 Å².